The lowest BCUT2D eigenvalue weighted by Gasteiger charge is -2.22. The van der Waals surface area contributed by atoms with Crippen LogP contribution in [-0.2, 0) is 21.5 Å². The number of rotatable bonds is 10. The highest BCUT2D eigenvalue weighted by molar-refractivity contribution is 5.98. The third-order valence-corrected chi connectivity index (χ3v) is 6.86. The Balaban J connectivity index is 1.61. The van der Waals surface area contributed by atoms with Crippen molar-refractivity contribution in [1.82, 2.24) is 25.1 Å². The summed E-state index contributed by atoms with van der Waals surface area (Å²) < 4.78 is 39.7. The number of methoxy groups -OCH3 is 1. The first-order valence-electron chi connectivity index (χ1n) is 13.5. The second-order valence-corrected chi connectivity index (χ2v) is 10.7. The summed E-state index contributed by atoms with van der Waals surface area (Å²) in [5.74, 6) is -4.50. The summed E-state index contributed by atoms with van der Waals surface area (Å²) in [5, 5.41) is 12.6. The van der Waals surface area contributed by atoms with Crippen LogP contribution in [0, 0.1) is 17.6 Å². The van der Waals surface area contributed by atoms with Gasteiger partial charge < -0.3 is 14.5 Å². The van der Waals surface area contributed by atoms with E-state index in [0.29, 0.717) is 5.56 Å². The molecule has 230 valence electrons. The number of hydrogen-bond donors (Lipinski definition) is 2. The molecular weight excluding hydrogens is 578 g/mol. The van der Waals surface area contributed by atoms with Gasteiger partial charge in [0.1, 0.15) is 18.1 Å². The molecule has 0 spiro atoms. The van der Waals surface area contributed by atoms with E-state index in [0.717, 1.165) is 23.9 Å². The van der Waals surface area contributed by atoms with Crippen LogP contribution in [0.2, 0.25) is 0 Å². The standard InChI is InChI=1S/C30H30F2N6O6/c1-16(2)23(24(40)26-36-37-28(44-26)30(3,4)18-12-9-13-19(31)22(18)32)35-21(39)15-38-25(17-10-7-6-8-11-17)33-14-20(27(38)41)34-29(42)43-5/h6-14,16,23H,15H2,1-5H3,(H,34,42)(H,35,39). The lowest BCUT2D eigenvalue weighted by Crippen LogP contribution is -2.46. The number of carbonyl (C=O) groups excluding carboxylic acids is 3. The lowest BCUT2D eigenvalue weighted by atomic mass is 9.84. The second kappa shape index (κ2) is 12.9. The molecule has 0 fully saturated rings. The minimum Gasteiger partial charge on any atom is -0.453 e. The number of carbonyl (C=O) groups is 3. The number of Topliss-reactive ketones (excluding diaryl/α,β-unsaturated/α-hetero) is 1. The van der Waals surface area contributed by atoms with Gasteiger partial charge >= 0.3 is 6.09 Å². The predicted molar refractivity (Wildman–Crippen MR) is 154 cm³/mol. The van der Waals surface area contributed by atoms with Crippen LogP contribution in [-0.4, -0.2) is 50.7 Å². The second-order valence-electron chi connectivity index (χ2n) is 10.7. The smallest absolute Gasteiger partial charge is 0.411 e. The summed E-state index contributed by atoms with van der Waals surface area (Å²) in [6.07, 6.45) is 0.251. The van der Waals surface area contributed by atoms with E-state index in [2.05, 4.69) is 30.6 Å². The molecule has 0 saturated heterocycles. The van der Waals surface area contributed by atoms with E-state index in [4.69, 9.17) is 4.42 Å². The summed E-state index contributed by atoms with van der Waals surface area (Å²) in [7, 11) is 1.13. The van der Waals surface area contributed by atoms with Gasteiger partial charge in [0.05, 0.1) is 24.8 Å². The molecule has 0 saturated carbocycles. The Hall–Kier alpha value is -5.27. The molecule has 2 amide bonds. The molecule has 0 aliphatic carbocycles. The fourth-order valence-corrected chi connectivity index (χ4v) is 4.41. The lowest BCUT2D eigenvalue weighted by molar-refractivity contribution is -0.122. The van der Waals surface area contributed by atoms with Crippen molar-refractivity contribution in [2.45, 2.75) is 45.7 Å². The van der Waals surface area contributed by atoms with E-state index in [-0.39, 0.29) is 23.0 Å². The van der Waals surface area contributed by atoms with Crippen molar-refractivity contribution in [1.29, 1.82) is 0 Å². The largest absolute Gasteiger partial charge is 0.453 e. The topological polar surface area (TPSA) is 158 Å². The van der Waals surface area contributed by atoms with E-state index in [1.165, 1.54) is 26.0 Å². The first-order chi connectivity index (χ1) is 20.8. The zero-order chi connectivity index (χ0) is 32.2. The fraction of sp³-hybridized carbons (Fsp3) is 0.300. The monoisotopic (exact) mass is 608 g/mol. The molecule has 1 atom stereocenters. The fourth-order valence-electron chi connectivity index (χ4n) is 4.41. The van der Waals surface area contributed by atoms with Gasteiger partial charge in [0, 0.05) is 11.1 Å². The van der Waals surface area contributed by atoms with E-state index in [9.17, 15) is 28.0 Å². The van der Waals surface area contributed by atoms with Gasteiger partial charge in [-0.15, -0.1) is 10.2 Å². The molecule has 0 radical (unpaired) electrons. The zero-order valence-electron chi connectivity index (χ0n) is 24.6. The average Bonchev–Trinajstić information content (AvgIpc) is 3.51. The van der Waals surface area contributed by atoms with Gasteiger partial charge in [-0.1, -0.05) is 56.3 Å². The molecule has 0 aliphatic rings. The normalized spacial score (nSPS) is 12.1. The quantitative estimate of drug-likeness (QED) is 0.253. The number of ketones is 1. The maximum absolute atomic E-state index is 14.5. The van der Waals surface area contributed by atoms with Gasteiger partial charge in [-0.2, -0.15) is 0 Å². The van der Waals surface area contributed by atoms with E-state index in [1.54, 1.807) is 44.2 Å². The Morgan fingerprint density at radius 1 is 1.05 bits per heavy atom. The third-order valence-electron chi connectivity index (χ3n) is 6.86. The van der Waals surface area contributed by atoms with Gasteiger partial charge in [0.25, 0.3) is 11.4 Å². The molecule has 12 nitrogen and oxygen atoms in total. The summed E-state index contributed by atoms with van der Waals surface area (Å²) in [6.45, 7) is 5.86. The Labute approximate surface area is 250 Å². The first-order valence-corrected chi connectivity index (χ1v) is 13.5. The molecule has 0 bridgehead atoms. The minimum atomic E-state index is -1.29. The molecule has 14 heteroatoms. The van der Waals surface area contributed by atoms with Crippen LogP contribution >= 0.6 is 0 Å². The Morgan fingerprint density at radius 3 is 2.41 bits per heavy atom. The van der Waals surface area contributed by atoms with Crippen molar-refractivity contribution in [2.24, 2.45) is 5.92 Å². The Bertz CT molecular complexity index is 1750. The molecule has 44 heavy (non-hydrogen) atoms. The van der Waals surface area contributed by atoms with Gasteiger partial charge in [-0.3, -0.25) is 24.3 Å². The predicted octanol–water partition coefficient (Wildman–Crippen LogP) is 4.10. The molecule has 0 aliphatic heterocycles. The molecule has 4 aromatic rings. The highest BCUT2D eigenvalue weighted by atomic mass is 19.2. The van der Waals surface area contributed by atoms with Gasteiger partial charge in [0.15, 0.2) is 11.6 Å². The van der Waals surface area contributed by atoms with Crippen LogP contribution in [0.5, 0.6) is 0 Å². The van der Waals surface area contributed by atoms with Crippen LogP contribution in [0.4, 0.5) is 19.3 Å². The van der Waals surface area contributed by atoms with Gasteiger partial charge in [-0.05, 0) is 25.8 Å². The maximum Gasteiger partial charge on any atom is 0.411 e. The number of nitrogens with zero attached hydrogens (tertiary/aromatic N) is 4. The highest BCUT2D eigenvalue weighted by Crippen LogP contribution is 2.33. The first kappa shape index (κ1) is 31.7. The third kappa shape index (κ3) is 6.53. The van der Waals surface area contributed by atoms with Crippen LogP contribution in [0.25, 0.3) is 11.4 Å². The minimum absolute atomic E-state index is 0.0500. The molecular formula is C30H30F2N6O6. The van der Waals surface area contributed by atoms with Crippen molar-refractivity contribution in [2.75, 3.05) is 12.4 Å². The van der Waals surface area contributed by atoms with Crippen LogP contribution in [0.1, 0.15) is 49.8 Å². The number of ether oxygens (including phenoxy) is 1. The van der Waals surface area contributed by atoms with E-state index >= 15 is 0 Å². The van der Waals surface area contributed by atoms with Crippen molar-refractivity contribution in [3.05, 3.63) is 94.1 Å². The zero-order valence-corrected chi connectivity index (χ0v) is 24.6. The number of halogens is 2. The van der Waals surface area contributed by atoms with Crippen LogP contribution in [0.15, 0.2) is 63.9 Å². The van der Waals surface area contributed by atoms with Crippen LogP contribution < -0.4 is 16.2 Å². The van der Waals surface area contributed by atoms with Crippen molar-refractivity contribution in [3.8, 4) is 11.4 Å². The molecule has 2 N–H and O–H groups in total. The number of anilines is 1. The molecule has 2 heterocycles. The summed E-state index contributed by atoms with van der Waals surface area (Å²) in [5.41, 5.74) is -1.78. The average molecular weight is 609 g/mol. The Kier molecular flexibility index (Phi) is 9.31. The summed E-state index contributed by atoms with van der Waals surface area (Å²) in [6, 6.07) is 11.1. The molecule has 4 rings (SSSR count). The van der Waals surface area contributed by atoms with Crippen molar-refractivity contribution >= 4 is 23.5 Å². The van der Waals surface area contributed by atoms with Gasteiger partial charge in [-0.25, -0.2) is 18.6 Å². The van der Waals surface area contributed by atoms with E-state index in [1.807, 2.05) is 0 Å². The van der Waals surface area contributed by atoms with E-state index < -0.39 is 64.8 Å². The number of amides is 2. The molecule has 1 unspecified atom stereocenters. The number of hydrogen-bond acceptors (Lipinski definition) is 9. The SMILES string of the molecule is COC(=O)Nc1cnc(-c2ccccc2)n(CC(=O)NC(C(=O)c2nnc(C(C)(C)c3cccc(F)c3F)o2)C(C)C)c1=O. The molecule has 2 aromatic heterocycles. The van der Waals surface area contributed by atoms with Crippen molar-refractivity contribution in [3.63, 3.8) is 0 Å². The van der Waals surface area contributed by atoms with Crippen molar-refractivity contribution < 1.29 is 32.3 Å². The maximum atomic E-state index is 14.5. The van der Waals surface area contributed by atoms with Gasteiger partial charge in [0.2, 0.25) is 17.6 Å². The Morgan fingerprint density at radius 2 is 1.75 bits per heavy atom. The van der Waals surface area contributed by atoms with Crippen LogP contribution in [0.3, 0.4) is 0 Å². The number of benzene rings is 2. The summed E-state index contributed by atoms with van der Waals surface area (Å²) >= 11 is 0. The molecule has 2 aromatic carbocycles. The highest BCUT2D eigenvalue weighted by Gasteiger charge is 2.36. The number of aromatic nitrogens is 4. The number of nitrogens with one attached hydrogen (secondary N) is 2. The summed E-state index contributed by atoms with van der Waals surface area (Å²) in [4.78, 5) is 56.1.